The van der Waals surface area contributed by atoms with Crippen LogP contribution in [0.25, 0.3) is 50.1 Å². The molecule has 0 saturated heterocycles. The van der Waals surface area contributed by atoms with Crippen molar-refractivity contribution in [2.45, 2.75) is 38.2 Å². The lowest BCUT2D eigenvalue weighted by Gasteiger charge is -2.20. The van der Waals surface area contributed by atoms with Crippen molar-refractivity contribution in [3.63, 3.8) is 0 Å². The molecule has 0 N–H and O–H groups in total. The summed E-state index contributed by atoms with van der Waals surface area (Å²) in [4.78, 5) is 0. The van der Waals surface area contributed by atoms with Gasteiger partial charge in [-0.05, 0) is 86.5 Å². The number of nitriles is 6. The molecule has 0 radical (unpaired) electrons. The van der Waals surface area contributed by atoms with Crippen molar-refractivity contribution in [2.24, 2.45) is 0 Å². The lowest BCUT2D eigenvalue weighted by molar-refractivity contribution is -0.287. The topological polar surface area (TPSA) is 198 Å². The summed E-state index contributed by atoms with van der Waals surface area (Å²) >= 11 is 0. The van der Waals surface area contributed by atoms with Gasteiger partial charge in [0.15, 0.2) is 34.5 Å². The van der Waals surface area contributed by atoms with Crippen LogP contribution in [0.4, 0.5) is 79.0 Å². The van der Waals surface area contributed by atoms with Gasteiger partial charge in [-0.2, -0.15) is 31.6 Å². The number of alkyl halides is 18. The van der Waals surface area contributed by atoms with E-state index in [1.54, 1.807) is 0 Å². The van der Waals surface area contributed by atoms with Crippen molar-refractivity contribution in [3.8, 4) is 104 Å². The summed E-state index contributed by atoms with van der Waals surface area (Å²) in [6, 6.07) is 7.92. The highest BCUT2D eigenvalue weighted by Crippen LogP contribution is 2.67. The Labute approximate surface area is 384 Å². The quantitative estimate of drug-likeness (QED) is 0.113. The van der Waals surface area contributed by atoms with Gasteiger partial charge in [-0.1, -0.05) is 0 Å². The van der Waals surface area contributed by atoms with Gasteiger partial charge in [-0.15, -0.1) is 79.0 Å². The maximum atomic E-state index is 14.0. The van der Waals surface area contributed by atoms with Crippen LogP contribution in [0.1, 0.15) is 33.4 Å². The maximum Gasteiger partial charge on any atom is 0.573 e. The lowest BCUT2D eigenvalue weighted by Crippen LogP contribution is -2.21. The van der Waals surface area contributed by atoms with Crippen molar-refractivity contribution in [1.29, 1.82) is 31.6 Å². The van der Waals surface area contributed by atoms with Crippen molar-refractivity contribution < 1.29 is 107 Å². The number of hydrogen-bond acceptors (Lipinski definition) is 12. The highest BCUT2D eigenvalue weighted by atomic mass is 19.4. The van der Waals surface area contributed by atoms with Gasteiger partial charge in [0.05, 0.1) is 0 Å². The summed E-state index contributed by atoms with van der Waals surface area (Å²) in [6.45, 7) is 0. The molecule has 0 heterocycles. The molecule has 12 nitrogen and oxygen atoms in total. The van der Waals surface area contributed by atoms with E-state index in [2.05, 4.69) is 28.4 Å². The van der Waals surface area contributed by atoms with Crippen LogP contribution in [0.5, 0.6) is 34.5 Å². The summed E-state index contributed by atoms with van der Waals surface area (Å²) in [7, 11) is 0. The third kappa shape index (κ3) is 9.24. The Morgan fingerprint density at radius 3 is 0.556 bits per heavy atom. The first kappa shape index (κ1) is 50.5. The van der Waals surface area contributed by atoms with Crippen LogP contribution < -0.4 is 28.4 Å². The molecule has 366 valence electrons. The fourth-order valence-corrected chi connectivity index (χ4v) is 8.05. The highest BCUT2D eigenvalue weighted by molar-refractivity contribution is 6.25. The second-order valence-electron chi connectivity index (χ2n) is 14.0. The van der Waals surface area contributed by atoms with Gasteiger partial charge in [0.1, 0.15) is 53.1 Å². The molecule has 30 heteroatoms. The molecule has 3 aliphatic carbocycles. The van der Waals surface area contributed by atoms with E-state index >= 15 is 0 Å². The Hall–Kier alpha value is -9.42. The van der Waals surface area contributed by atoms with Crippen LogP contribution in [-0.4, -0.2) is 38.2 Å². The smallest absolute Gasteiger partial charge is 0.402 e. The standard InChI is InChI=1S/C42H6F18N6O6/c43-37(44,45)67-22-1-16-19(4-25(22)70-40(52,53)54)31-34(28(16)13(7-61)8-62)32-20-5-26(71-41(55,56)57)23(68-38(46,47)48)2-17(20)30(15(11-65)12-66)36(32)33-21-6-27(72-42(58,59)60)24(69-39(49,50)51)3-18(21)29(35(31)33)14(9-63)10-64/h1-6H. The number of allylic oxidation sites excluding steroid dienone is 3. The average Bonchev–Trinajstić information content (AvgIpc) is 3.82. The molecule has 7 rings (SSSR count). The van der Waals surface area contributed by atoms with Gasteiger partial charge in [0, 0.05) is 33.4 Å². The first-order chi connectivity index (χ1) is 33.2. The molecule has 0 aromatic heterocycles. The number of ether oxygens (including phenoxy) is 6. The number of benzene rings is 4. The molecule has 0 unspecified atom stereocenters. The zero-order valence-electron chi connectivity index (χ0n) is 33.4. The zero-order valence-corrected chi connectivity index (χ0v) is 33.4. The Balaban J connectivity index is 1.88. The van der Waals surface area contributed by atoms with Gasteiger partial charge in [-0.25, -0.2) is 0 Å². The molecular weight excluding hydrogens is 1030 g/mol. The average molecular weight is 1030 g/mol. The van der Waals surface area contributed by atoms with Crippen LogP contribution in [0.3, 0.4) is 0 Å². The largest absolute Gasteiger partial charge is 0.573 e. The molecule has 0 fully saturated rings. The molecule has 0 bridgehead atoms. The minimum absolute atomic E-state index is 0.0271. The van der Waals surface area contributed by atoms with Crippen LogP contribution in [-0.2, 0) is 0 Å². The molecule has 4 aromatic carbocycles. The van der Waals surface area contributed by atoms with E-state index in [4.69, 9.17) is 0 Å². The second-order valence-corrected chi connectivity index (χ2v) is 14.0. The molecule has 0 atom stereocenters. The van der Waals surface area contributed by atoms with Crippen LogP contribution in [0.2, 0.25) is 0 Å². The molecule has 4 aromatic rings. The summed E-state index contributed by atoms with van der Waals surface area (Å²) < 4.78 is 273. The molecule has 0 amide bonds. The van der Waals surface area contributed by atoms with Crippen LogP contribution in [0.15, 0.2) is 53.1 Å². The van der Waals surface area contributed by atoms with Crippen molar-refractivity contribution in [3.05, 3.63) is 86.5 Å². The molecular formula is C42H6F18N6O6. The third-order valence-electron chi connectivity index (χ3n) is 9.89. The summed E-state index contributed by atoms with van der Waals surface area (Å²) in [5.74, 6) is -11.7. The minimum Gasteiger partial charge on any atom is -0.402 e. The van der Waals surface area contributed by atoms with E-state index in [1.165, 1.54) is 36.4 Å². The lowest BCUT2D eigenvalue weighted by atomic mass is 9.82. The van der Waals surface area contributed by atoms with E-state index in [-0.39, 0.29) is 36.4 Å². The Kier molecular flexibility index (Phi) is 11.7. The Morgan fingerprint density at radius 1 is 0.264 bits per heavy atom. The molecule has 0 aliphatic heterocycles. The first-order valence-corrected chi connectivity index (χ1v) is 18.2. The number of halogens is 18. The number of fused-ring (bicyclic) bond motifs is 12. The summed E-state index contributed by atoms with van der Waals surface area (Å²) in [5, 5.41) is 61.7. The third-order valence-corrected chi connectivity index (χ3v) is 9.89. The van der Waals surface area contributed by atoms with Crippen molar-refractivity contribution in [1.82, 2.24) is 0 Å². The zero-order chi connectivity index (χ0) is 53.6. The SMILES string of the molecule is N#CC(C#N)=C1c2cc(OC(F)(F)F)c(OC(F)(F)F)cc2-c2c1c1c(c3c2C(=C(C#N)C#N)c2cc(OC(F)(F)F)c(OC(F)(F)F)cc2-3)C(=C(C#N)C#N)c2cc(OC(F)(F)F)c(OC(F)(F)F)cc2-1. The van der Waals surface area contributed by atoms with E-state index in [9.17, 15) is 111 Å². The fraction of sp³-hybridized carbons (Fsp3) is 0.143. The fourth-order valence-electron chi connectivity index (χ4n) is 8.05. The van der Waals surface area contributed by atoms with Crippen molar-refractivity contribution >= 4 is 16.7 Å². The summed E-state index contributed by atoms with van der Waals surface area (Å²) in [6.07, 6.45) is -35.7. The van der Waals surface area contributed by atoms with Crippen LogP contribution in [0, 0.1) is 68.0 Å². The number of rotatable bonds is 6. The molecule has 3 aliphatic rings. The normalized spacial score (nSPS) is 13.2. The van der Waals surface area contributed by atoms with Gasteiger partial charge in [-0.3, -0.25) is 0 Å². The Morgan fingerprint density at radius 2 is 0.417 bits per heavy atom. The predicted molar refractivity (Wildman–Crippen MR) is 195 cm³/mol. The Bertz CT molecular complexity index is 3030. The molecule has 72 heavy (non-hydrogen) atoms. The van der Waals surface area contributed by atoms with E-state index < -0.39 is 173 Å². The highest BCUT2D eigenvalue weighted by Gasteiger charge is 2.49. The first-order valence-electron chi connectivity index (χ1n) is 18.2. The molecule has 0 spiro atoms. The second kappa shape index (κ2) is 16.6. The van der Waals surface area contributed by atoms with Crippen molar-refractivity contribution in [2.75, 3.05) is 0 Å². The van der Waals surface area contributed by atoms with Gasteiger partial charge in [0.25, 0.3) is 0 Å². The van der Waals surface area contributed by atoms with E-state index in [0.717, 1.165) is 0 Å². The van der Waals surface area contributed by atoms with E-state index in [0.29, 0.717) is 0 Å². The minimum atomic E-state index is -5.96. The summed E-state index contributed by atoms with van der Waals surface area (Å²) in [5.41, 5.74) is -19.8. The maximum absolute atomic E-state index is 14.0. The van der Waals surface area contributed by atoms with Gasteiger partial charge < -0.3 is 28.4 Å². The predicted octanol–water partition coefficient (Wildman–Crippen LogP) is 12.6. The number of nitrogens with zero attached hydrogens (tertiary/aromatic N) is 6. The van der Waals surface area contributed by atoms with E-state index in [1.807, 2.05) is 0 Å². The number of hydrogen-bond donors (Lipinski definition) is 0. The van der Waals surface area contributed by atoms with Crippen LogP contribution >= 0.6 is 0 Å². The monoisotopic (exact) mass is 1030 g/mol. The van der Waals surface area contributed by atoms with Gasteiger partial charge >= 0.3 is 38.2 Å². The van der Waals surface area contributed by atoms with Gasteiger partial charge in [0.2, 0.25) is 0 Å². The molecule has 0 saturated carbocycles.